The second kappa shape index (κ2) is 7.60. The van der Waals surface area contributed by atoms with E-state index in [2.05, 4.69) is 10.2 Å². The highest BCUT2D eigenvalue weighted by Gasteiger charge is 2.39. The molecule has 1 saturated heterocycles. The Hall–Kier alpha value is -2.17. The first-order valence-electron chi connectivity index (χ1n) is 8.49. The van der Waals surface area contributed by atoms with Gasteiger partial charge < -0.3 is 19.1 Å². The largest absolute Gasteiger partial charge is 0.451 e. The molecule has 2 aliphatic heterocycles. The molecular formula is C15H20F3N5O3. The molecule has 1 aromatic rings. The van der Waals surface area contributed by atoms with Gasteiger partial charge in [0.25, 0.3) is 0 Å². The topological polar surface area (TPSA) is 80.6 Å². The Morgan fingerprint density at radius 3 is 2.27 bits per heavy atom. The lowest BCUT2D eigenvalue weighted by Gasteiger charge is -2.28. The van der Waals surface area contributed by atoms with Crippen molar-refractivity contribution in [2.24, 2.45) is 0 Å². The van der Waals surface area contributed by atoms with Crippen LogP contribution in [0.15, 0.2) is 0 Å². The molecule has 144 valence electrons. The van der Waals surface area contributed by atoms with E-state index in [-0.39, 0.29) is 50.1 Å². The van der Waals surface area contributed by atoms with Crippen molar-refractivity contribution in [3.63, 3.8) is 0 Å². The SMILES string of the molecule is O=C(CCCC(=O)N1CCn2c(nnc2C(F)(F)F)C1)N1CCOCC1. The first-order chi connectivity index (χ1) is 12.4. The number of alkyl halides is 3. The van der Waals surface area contributed by atoms with Crippen molar-refractivity contribution in [1.29, 1.82) is 0 Å². The van der Waals surface area contributed by atoms with Crippen molar-refractivity contribution in [1.82, 2.24) is 24.6 Å². The molecule has 1 fully saturated rings. The predicted octanol–water partition coefficient (Wildman–Crippen LogP) is 0.668. The van der Waals surface area contributed by atoms with Crippen molar-refractivity contribution in [2.45, 2.75) is 38.5 Å². The van der Waals surface area contributed by atoms with Crippen LogP contribution in [0, 0.1) is 0 Å². The summed E-state index contributed by atoms with van der Waals surface area (Å²) in [5, 5.41) is 6.74. The molecule has 3 heterocycles. The highest BCUT2D eigenvalue weighted by atomic mass is 19.4. The Morgan fingerprint density at radius 1 is 0.962 bits per heavy atom. The smallest absolute Gasteiger partial charge is 0.378 e. The van der Waals surface area contributed by atoms with E-state index >= 15 is 0 Å². The van der Waals surface area contributed by atoms with E-state index in [1.54, 1.807) is 4.90 Å². The number of carbonyl (C=O) groups excluding carboxylic acids is 2. The van der Waals surface area contributed by atoms with Crippen LogP contribution >= 0.6 is 0 Å². The number of fused-ring (bicyclic) bond motifs is 1. The Labute approximate surface area is 147 Å². The maximum atomic E-state index is 12.8. The minimum atomic E-state index is -4.56. The van der Waals surface area contributed by atoms with E-state index in [0.29, 0.717) is 32.7 Å². The number of hydrogen-bond acceptors (Lipinski definition) is 5. The van der Waals surface area contributed by atoms with Crippen LogP contribution in [0.25, 0.3) is 0 Å². The van der Waals surface area contributed by atoms with Gasteiger partial charge in [-0.2, -0.15) is 13.2 Å². The third-order valence-electron chi connectivity index (χ3n) is 4.50. The van der Waals surface area contributed by atoms with Gasteiger partial charge in [-0.15, -0.1) is 10.2 Å². The normalized spacial score (nSPS) is 18.0. The van der Waals surface area contributed by atoms with Gasteiger partial charge in [0, 0.05) is 39.0 Å². The van der Waals surface area contributed by atoms with Crippen molar-refractivity contribution in [3.05, 3.63) is 11.6 Å². The van der Waals surface area contributed by atoms with Gasteiger partial charge in [-0.1, -0.05) is 0 Å². The maximum Gasteiger partial charge on any atom is 0.451 e. The summed E-state index contributed by atoms with van der Waals surface area (Å²) >= 11 is 0. The lowest BCUT2D eigenvalue weighted by atomic mass is 10.2. The Balaban J connectivity index is 1.47. The molecule has 8 nitrogen and oxygen atoms in total. The van der Waals surface area contributed by atoms with Gasteiger partial charge in [-0.05, 0) is 6.42 Å². The van der Waals surface area contributed by atoms with E-state index in [0.717, 1.165) is 4.57 Å². The number of morpholine rings is 1. The molecule has 11 heteroatoms. The van der Waals surface area contributed by atoms with E-state index in [1.807, 2.05) is 0 Å². The standard InChI is InChI=1S/C15H20F3N5O3/c16-15(17,18)14-20-19-11-10-22(4-5-23(11)14)13(25)3-1-2-12(24)21-6-8-26-9-7-21/h1-10H2. The summed E-state index contributed by atoms with van der Waals surface area (Å²) in [6, 6.07) is 0. The van der Waals surface area contributed by atoms with Crippen LogP contribution in [-0.2, 0) is 33.6 Å². The molecule has 1 aromatic heterocycles. The summed E-state index contributed by atoms with van der Waals surface area (Å²) in [7, 11) is 0. The van der Waals surface area contributed by atoms with Crippen molar-refractivity contribution < 1.29 is 27.5 Å². The fourth-order valence-corrected chi connectivity index (χ4v) is 3.10. The highest BCUT2D eigenvalue weighted by Crippen LogP contribution is 2.29. The number of halogens is 3. The summed E-state index contributed by atoms with van der Waals surface area (Å²) in [5.74, 6) is -1.10. The van der Waals surface area contributed by atoms with Crippen LogP contribution in [0.2, 0.25) is 0 Å². The summed E-state index contributed by atoms with van der Waals surface area (Å²) in [4.78, 5) is 27.5. The van der Waals surface area contributed by atoms with E-state index in [4.69, 9.17) is 4.74 Å². The molecule has 2 aliphatic rings. The molecule has 3 rings (SSSR count). The van der Waals surface area contributed by atoms with E-state index in [1.165, 1.54) is 4.90 Å². The van der Waals surface area contributed by atoms with Crippen LogP contribution < -0.4 is 0 Å². The fraction of sp³-hybridized carbons (Fsp3) is 0.733. The van der Waals surface area contributed by atoms with Crippen molar-refractivity contribution in [2.75, 3.05) is 32.8 Å². The number of ether oxygens (including phenoxy) is 1. The molecule has 0 aliphatic carbocycles. The number of nitrogens with zero attached hydrogens (tertiary/aromatic N) is 5. The molecule has 2 amide bonds. The van der Waals surface area contributed by atoms with Crippen molar-refractivity contribution in [3.8, 4) is 0 Å². The van der Waals surface area contributed by atoms with Gasteiger partial charge in [0.1, 0.15) is 0 Å². The number of hydrogen-bond donors (Lipinski definition) is 0. The van der Waals surface area contributed by atoms with Gasteiger partial charge in [-0.25, -0.2) is 0 Å². The third kappa shape index (κ3) is 4.14. The van der Waals surface area contributed by atoms with Gasteiger partial charge in [0.05, 0.1) is 19.8 Å². The monoisotopic (exact) mass is 375 g/mol. The zero-order valence-corrected chi connectivity index (χ0v) is 14.2. The Bertz CT molecular complexity index is 670. The molecule has 0 bridgehead atoms. The summed E-state index contributed by atoms with van der Waals surface area (Å²) < 4.78 is 44.6. The second-order valence-electron chi connectivity index (χ2n) is 6.25. The number of carbonyl (C=O) groups is 2. The highest BCUT2D eigenvalue weighted by molar-refractivity contribution is 5.79. The van der Waals surface area contributed by atoms with Gasteiger partial charge in [0.15, 0.2) is 5.82 Å². The van der Waals surface area contributed by atoms with Gasteiger partial charge in [0.2, 0.25) is 17.6 Å². The Morgan fingerprint density at radius 2 is 1.62 bits per heavy atom. The number of rotatable bonds is 4. The molecule has 0 spiro atoms. The molecule has 0 saturated carbocycles. The summed E-state index contributed by atoms with van der Waals surface area (Å²) in [6.07, 6.45) is -3.70. The first-order valence-corrected chi connectivity index (χ1v) is 8.49. The molecule has 0 unspecified atom stereocenters. The second-order valence-corrected chi connectivity index (χ2v) is 6.25. The number of amides is 2. The summed E-state index contributed by atoms with van der Waals surface area (Å²) in [5.41, 5.74) is 0. The van der Waals surface area contributed by atoms with Crippen LogP contribution in [0.1, 0.15) is 30.9 Å². The first kappa shape index (κ1) is 18.6. The predicted molar refractivity (Wildman–Crippen MR) is 81.7 cm³/mol. The maximum absolute atomic E-state index is 12.8. The third-order valence-corrected chi connectivity index (χ3v) is 4.50. The van der Waals surface area contributed by atoms with Crippen LogP contribution in [0.5, 0.6) is 0 Å². The van der Waals surface area contributed by atoms with Crippen LogP contribution in [-0.4, -0.2) is 69.2 Å². The minimum Gasteiger partial charge on any atom is -0.378 e. The van der Waals surface area contributed by atoms with E-state index < -0.39 is 12.0 Å². The van der Waals surface area contributed by atoms with Crippen LogP contribution in [0.4, 0.5) is 13.2 Å². The van der Waals surface area contributed by atoms with Gasteiger partial charge in [-0.3, -0.25) is 9.59 Å². The quantitative estimate of drug-likeness (QED) is 0.773. The molecule has 0 atom stereocenters. The minimum absolute atomic E-state index is 0.000671. The van der Waals surface area contributed by atoms with Crippen molar-refractivity contribution >= 4 is 11.8 Å². The number of aromatic nitrogens is 3. The average Bonchev–Trinajstić information content (AvgIpc) is 3.05. The lowest BCUT2D eigenvalue weighted by Crippen LogP contribution is -2.41. The molecule has 0 aromatic carbocycles. The molecule has 0 N–H and O–H groups in total. The zero-order chi connectivity index (χ0) is 18.7. The zero-order valence-electron chi connectivity index (χ0n) is 14.2. The van der Waals surface area contributed by atoms with E-state index in [9.17, 15) is 22.8 Å². The Kier molecular flexibility index (Phi) is 5.44. The molecular weight excluding hydrogens is 355 g/mol. The van der Waals surface area contributed by atoms with Crippen LogP contribution in [0.3, 0.4) is 0 Å². The summed E-state index contributed by atoms with van der Waals surface area (Å²) in [6.45, 7) is 2.36. The average molecular weight is 375 g/mol. The molecule has 0 radical (unpaired) electrons. The van der Waals surface area contributed by atoms with Gasteiger partial charge >= 0.3 is 6.18 Å². The lowest BCUT2D eigenvalue weighted by molar-refractivity contribution is -0.148. The molecule has 26 heavy (non-hydrogen) atoms. The fourth-order valence-electron chi connectivity index (χ4n) is 3.10.